The van der Waals surface area contributed by atoms with Crippen molar-refractivity contribution in [2.45, 2.75) is 6.92 Å². The van der Waals surface area contributed by atoms with Gasteiger partial charge in [0.15, 0.2) is 0 Å². The fourth-order valence-corrected chi connectivity index (χ4v) is 1.83. The molecule has 80 valence electrons. The van der Waals surface area contributed by atoms with E-state index in [1.807, 2.05) is 6.07 Å². The summed E-state index contributed by atoms with van der Waals surface area (Å²) in [6, 6.07) is 5.39. The van der Waals surface area contributed by atoms with Crippen LogP contribution in [0.4, 0.5) is 5.69 Å². The number of anilines is 1. The fourth-order valence-electron chi connectivity index (χ4n) is 1.05. The summed E-state index contributed by atoms with van der Waals surface area (Å²) in [5.74, 6) is 0.206. The van der Waals surface area contributed by atoms with E-state index in [1.54, 1.807) is 25.1 Å². The van der Waals surface area contributed by atoms with Crippen molar-refractivity contribution in [1.29, 1.82) is 0 Å². The normalized spacial score (nSPS) is 11.3. The number of benzene rings is 1. The largest absolute Gasteiger partial charge is 0.513 e. The van der Waals surface area contributed by atoms with Crippen molar-refractivity contribution in [3.8, 4) is 0 Å². The topological polar surface area (TPSA) is 32.3 Å². The second kappa shape index (κ2) is 5.24. The quantitative estimate of drug-likeness (QED) is 0.634. The number of rotatable bonds is 3. The van der Waals surface area contributed by atoms with Crippen molar-refractivity contribution >= 4 is 33.2 Å². The Bertz CT molecular complexity index is 411. The van der Waals surface area contributed by atoms with E-state index in [9.17, 15) is 0 Å². The number of hydrogen-bond acceptors (Lipinski definition) is 2. The predicted molar refractivity (Wildman–Crippen MR) is 68.3 cm³/mol. The van der Waals surface area contributed by atoms with E-state index in [-0.39, 0.29) is 5.76 Å². The Kier molecular flexibility index (Phi) is 4.24. The molecule has 15 heavy (non-hydrogen) atoms. The van der Waals surface area contributed by atoms with Crippen molar-refractivity contribution in [3.63, 3.8) is 0 Å². The van der Waals surface area contributed by atoms with Crippen LogP contribution < -0.4 is 5.32 Å². The smallest absolute Gasteiger partial charge is 0.0912 e. The van der Waals surface area contributed by atoms with Gasteiger partial charge in [0, 0.05) is 15.2 Å². The van der Waals surface area contributed by atoms with E-state index >= 15 is 0 Å². The highest BCUT2D eigenvalue weighted by Crippen LogP contribution is 2.26. The molecule has 0 aliphatic rings. The van der Waals surface area contributed by atoms with Crippen molar-refractivity contribution in [3.05, 3.63) is 51.8 Å². The van der Waals surface area contributed by atoms with E-state index in [0.29, 0.717) is 10.7 Å². The molecule has 2 nitrogen and oxygen atoms in total. The molecule has 0 heterocycles. The van der Waals surface area contributed by atoms with Crippen molar-refractivity contribution in [2.75, 3.05) is 5.32 Å². The van der Waals surface area contributed by atoms with E-state index in [2.05, 4.69) is 27.8 Å². The molecule has 0 radical (unpaired) electrons. The first-order valence-corrected chi connectivity index (χ1v) is 5.44. The minimum atomic E-state index is 0.206. The highest BCUT2D eigenvalue weighted by Gasteiger charge is 2.00. The number of allylic oxidation sites excluding steroid dienone is 2. The number of hydrogen-bond donors (Lipinski definition) is 2. The summed E-state index contributed by atoms with van der Waals surface area (Å²) in [4.78, 5) is 0. The first-order valence-electron chi connectivity index (χ1n) is 4.27. The molecule has 0 bridgehead atoms. The maximum Gasteiger partial charge on any atom is 0.0912 e. The molecule has 1 aromatic rings. The van der Waals surface area contributed by atoms with Gasteiger partial charge in [-0.3, -0.25) is 0 Å². The van der Waals surface area contributed by atoms with Gasteiger partial charge >= 0.3 is 0 Å². The number of aliphatic hydroxyl groups excluding tert-OH is 1. The van der Waals surface area contributed by atoms with Crippen LogP contribution in [0.5, 0.6) is 0 Å². The Hall–Kier alpha value is -0.930. The maximum absolute atomic E-state index is 9.04. The number of nitrogens with one attached hydrogen (secondary N) is 1. The highest BCUT2D eigenvalue weighted by atomic mass is 79.9. The summed E-state index contributed by atoms with van der Waals surface area (Å²) in [7, 11) is 0. The Balaban J connectivity index is 2.82. The van der Waals surface area contributed by atoms with Crippen LogP contribution in [-0.2, 0) is 0 Å². The van der Waals surface area contributed by atoms with Crippen LogP contribution in [-0.4, -0.2) is 5.11 Å². The third-order valence-corrected chi connectivity index (χ3v) is 2.50. The van der Waals surface area contributed by atoms with Crippen LogP contribution in [0.3, 0.4) is 0 Å². The first-order chi connectivity index (χ1) is 6.99. The average molecular weight is 289 g/mol. The average Bonchev–Trinajstić information content (AvgIpc) is 2.08. The van der Waals surface area contributed by atoms with Crippen LogP contribution in [0.15, 0.2) is 46.8 Å². The van der Waals surface area contributed by atoms with Gasteiger partial charge in [-0.2, -0.15) is 0 Å². The second-order valence-corrected chi connectivity index (χ2v) is 4.35. The molecule has 1 aromatic carbocycles. The Morgan fingerprint density at radius 1 is 1.60 bits per heavy atom. The van der Waals surface area contributed by atoms with Crippen LogP contribution in [0.1, 0.15) is 6.92 Å². The van der Waals surface area contributed by atoms with Gasteiger partial charge in [-0.05, 0) is 47.1 Å². The molecule has 4 heteroatoms. The Morgan fingerprint density at radius 2 is 2.27 bits per heavy atom. The molecule has 0 aliphatic heterocycles. The monoisotopic (exact) mass is 287 g/mol. The predicted octanol–water partition coefficient (Wildman–Crippen LogP) is 4.49. The fraction of sp³-hybridized carbons (Fsp3) is 0.0909. The van der Waals surface area contributed by atoms with Crippen LogP contribution in [0.25, 0.3) is 0 Å². The maximum atomic E-state index is 9.04. The lowest BCUT2D eigenvalue weighted by atomic mass is 10.3. The first kappa shape index (κ1) is 12.1. The van der Waals surface area contributed by atoms with E-state index in [0.717, 1.165) is 10.2 Å². The standard InChI is InChI=1S/C11H11BrClNO/c1-7(5-8(2)15)14-11-4-3-9(13)6-10(11)12/h3-6,14-15H,1H2,2H3/b8-5+. The SMILES string of the molecule is C=C(/C=C(\C)O)Nc1ccc(Cl)cc1Br. The highest BCUT2D eigenvalue weighted by molar-refractivity contribution is 9.10. The van der Waals surface area contributed by atoms with Gasteiger partial charge in [0.25, 0.3) is 0 Å². The van der Waals surface area contributed by atoms with Crippen LogP contribution >= 0.6 is 27.5 Å². The summed E-state index contributed by atoms with van der Waals surface area (Å²) in [6.07, 6.45) is 1.54. The number of halogens is 2. The lowest BCUT2D eigenvalue weighted by Gasteiger charge is -2.08. The van der Waals surface area contributed by atoms with E-state index in [4.69, 9.17) is 16.7 Å². The molecule has 0 aromatic heterocycles. The molecule has 0 fully saturated rings. The summed E-state index contributed by atoms with van der Waals surface area (Å²) < 4.78 is 0.847. The molecule has 0 amide bonds. The van der Waals surface area contributed by atoms with Gasteiger partial charge in [0.2, 0.25) is 0 Å². The molecule has 0 saturated carbocycles. The van der Waals surface area contributed by atoms with Crippen molar-refractivity contribution in [2.24, 2.45) is 0 Å². The minimum Gasteiger partial charge on any atom is -0.513 e. The molecule has 0 unspecified atom stereocenters. The van der Waals surface area contributed by atoms with Crippen molar-refractivity contribution < 1.29 is 5.11 Å². The van der Waals surface area contributed by atoms with Gasteiger partial charge in [0.1, 0.15) is 0 Å². The second-order valence-electron chi connectivity index (χ2n) is 3.06. The van der Waals surface area contributed by atoms with Crippen molar-refractivity contribution in [1.82, 2.24) is 0 Å². The van der Waals surface area contributed by atoms with Crippen LogP contribution in [0, 0.1) is 0 Å². The van der Waals surface area contributed by atoms with Gasteiger partial charge in [0.05, 0.1) is 11.4 Å². The zero-order chi connectivity index (χ0) is 11.4. The van der Waals surface area contributed by atoms with E-state index < -0.39 is 0 Å². The zero-order valence-electron chi connectivity index (χ0n) is 8.22. The molecule has 1 rings (SSSR count). The molecule has 0 saturated heterocycles. The van der Waals surface area contributed by atoms with Crippen LogP contribution in [0.2, 0.25) is 5.02 Å². The summed E-state index contributed by atoms with van der Waals surface area (Å²) in [5.41, 5.74) is 1.46. The third-order valence-electron chi connectivity index (χ3n) is 1.61. The molecular weight excluding hydrogens is 277 g/mol. The molecular formula is C11H11BrClNO. The zero-order valence-corrected chi connectivity index (χ0v) is 10.6. The Labute approximate surface area is 102 Å². The molecule has 0 aliphatic carbocycles. The lowest BCUT2D eigenvalue weighted by Crippen LogP contribution is -1.96. The summed E-state index contributed by atoms with van der Waals surface area (Å²) >= 11 is 9.18. The molecule has 2 N–H and O–H groups in total. The summed E-state index contributed by atoms with van der Waals surface area (Å²) in [5, 5.41) is 12.7. The summed E-state index contributed by atoms with van der Waals surface area (Å²) in [6.45, 7) is 5.34. The van der Waals surface area contributed by atoms with Gasteiger partial charge < -0.3 is 10.4 Å². The third kappa shape index (κ3) is 3.98. The molecule has 0 atom stereocenters. The van der Waals surface area contributed by atoms with Gasteiger partial charge in [-0.1, -0.05) is 18.2 Å². The number of aliphatic hydroxyl groups is 1. The molecule has 0 spiro atoms. The van der Waals surface area contributed by atoms with E-state index in [1.165, 1.54) is 0 Å². The van der Waals surface area contributed by atoms with Gasteiger partial charge in [-0.25, -0.2) is 0 Å². The Morgan fingerprint density at radius 3 is 2.80 bits per heavy atom. The minimum absolute atomic E-state index is 0.206. The lowest BCUT2D eigenvalue weighted by molar-refractivity contribution is 0.414. The van der Waals surface area contributed by atoms with Gasteiger partial charge in [-0.15, -0.1) is 0 Å².